The van der Waals surface area contributed by atoms with E-state index in [-0.39, 0.29) is 11.3 Å². The Morgan fingerprint density at radius 2 is 0.800 bits per heavy atom. The highest BCUT2D eigenvalue weighted by atomic mass is 15.4. The van der Waals surface area contributed by atoms with Gasteiger partial charge in [-0.15, -0.1) is 0 Å². The second-order valence-corrected chi connectivity index (χ2v) is 7.82. The molecule has 2 aliphatic heterocycles. The lowest BCUT2D eigenvalue weighted by atomic mass is 9.76. The van der Waals surface area contributed by atoms with Crippen LogP contribution in [0.1, 0.15) is 65.2 Å². The number of hydrogen-bond acceptors (Lipinski definition) is 4. The second kappa shape index (κ2) is 4.67. The van der Waals surface area contributed by atoms with Crippen molar-refractivity contribution in [1.29, 1.82) is 0 Å². The van der Waals surface area contributed by atoms with E-state index in [9.17, 15) is 0 Å². The summed E-state index contributed by atoms with van der Waals surface area (Å²) in [6.45, 7) is 4.70. The smallest absolute Gasteiger partial charge is 0.0984 e. The van der Waals surface area contributed by atoms with Gasteiger partial charge in [-0.05, 0) is 39.5 Å². The minimum absolute atomic E-state index is 0.0377. The fourth-order valence-electron chi connectivity index (χ4n) is 5.10. The molecule has 114 valence electrons. The molecule has 4 rings (SSSR count). The lowest BCUT2D eigenvalue weighted by Gasteiger charge is -2.64. The van der Waals surface area contributed by atoms with Crippen LogP contribution >= 0.6 is 0 Å². The van der Waals surface area contributed by atoms with Gasteiger partial charge < -0.3 is 0 Å². The minimum Gasteiger partial charge on any atom is -0.293 e. The van der Waals surface area contributed by atoms with Gasteiger partial charge >= 0.3 is 0 Å². The molecule has 4 N–H and O–H groups in total. The zero-order valence-electron chi connectivity index (χ0n) is 13.0. The molecular weight excluding hydrogens is 248 g/mol. The molecule has 0 aromatic rings. The Hall–Kier alpha value is -0.160. The van der Waals surface area contributed by atoms with Crippen molar-refractivity contribution >= 4 is 0 Å². The summed E-state index contributed by atoms with van der Waals surface area (Å²) < 4.78 is 0. The summed E-state index contributed by atoms with van der Waals surface area (Å²) in [6, 6.07) is 2.54. The Labute approximate surface area is 122 Å². The third-order valence-corrected chi connectivity index (χ3v) is 6.43. The predicted octanol–water partition coefficient (Wildman–Crippen LogP) is 1.43. The summed E-state index contributed by atoms with van der Waals surface area (Å²) in [5.41, 5.74) is -0.0754. The first-order valence-corrected chi connectivity index (χ1v) is 8.70. The average molecular weight is 278 g/mol. The van der Waals surface area contributed by atoms with Crippen LogP contribution in [0.5, 0.6) is 0 Å². The molecule has 0 amide bonds. The Bertz CT molecular complexity index is 319. The van der Waals surface area contributed by atoms with Crippen molar-refractivity contribution in [2.24, 2.45) is 0 Å². The molecule has 4 heteroatoms. The summed E-state index contributed by atoms with van der Waals surface area (Å²) >= 11 is 0. The van der Waals surface area contributed by atoms with E-state index in [1.165, 1.54) is 51.4 Å². The zero-order chi connectivity index (χ0) is 13.8. The second-order valence-electron chi connectivity index (χ2n) is 7.82. The number of rotatable bonds is 0. The first-order valence-electron chi connectivity index (χ1n) is 8.70. The molecule has 2 saturated heterocycles. The van der Waals surface area contributed by atoms with Crippen LogP contribution in [0.3, 0.4) is 0 Å². The van der Waals surface area contributed by atoms with Crippen LogP contribution in [0.15, 0.2) is 0 Å². The highest BCUT2D eigenvalue weighted by Crippen LogP contribution is 2.36. The van der Waals surface area contributed by atoms with E-state index < -0.39 is 0 Å². The molecule has 4 fully saturated rings. The molecule has 0 aromatic heterocycles. The maximum absolute atomic E-state index is 3.97. The van der Waals surface area contributed by atoms with E-state index in [1.807, 2.05) is 0 Å². The highest BCUT2D eigenvalue weighted by Gasteiger charge is 2.57. The lowest BCUT2D eigenvalue weighted by Crippen LogP contribution is -2.91. The molecule has 4 nitrogen and oxygen atoms in total. The molecule has 0 unspecified atom stereocenters. The van der Waals surface area contributed by atoms with Crippen molar-refractivity contribution < 1.29 is 0 Å². The van der Waals surface area contributed by atoms with Gasteiger partial charge in [-0.1, -0.05) is 25.7 Å². The van der Waals surface area contributed by atoms with Crippen molar-refractivity contribution in [3.8, 4) is 0 Å². The van der Waals surface area contributed by atoms with Crippen LogP contribution in [0.2, 0.25) is 0 Å². The molecule has 4 aliphatic rings. The van der Waals surface area contributed by atoms with Gasteiger partial charge in [-0.2, -0.15) is 0 Å². The topological polar surface area (TPSA) is 48.1 Å². The van der Waals surface area contributed by atoms with Crippen molar-refractivity contribution in [1.82, 2.24) is 21.3 Å². The predicted molar refractivity (Wildman–Crippen MR) is 81.4 cm³/mol. The molecule has 4 atom stereocenters. The first-order chi connectivity index (χ1) is 9.60. The Morgan fingerprint density at radius 3 is 1.05 bits per heavy atom. The van der Waals surface area contributed by atoms with Crippen molar-refractivity contribution in [2.45, 2.75) is 101 Å². The maximum atomic E-state index is 3.97. The Morgan fingerprint density at radius 1 is 0.550 bits per heavy atom. The number of fused-ring (bicyclic) bond motifs is 3. The standard InChI is InChI=1S/C16H30N4/c1-15-16(2,19-13-9-5-3-7-11(13)17-15)20-14-10-6-4-8-12(14)18-15/h11-14,17-20H,3-10H2,1-2H3/t11-,12-,13+,14+,15?,16?. The zero-order valence-corrected chi connectivity index (χ0v) is 13.0. The largest absolute Gasteiger partial charge is 0.293 e. The SMILES string of the molecule is CC12N[C@H]3CCCC[C@H]3NC1(C)N[C@@H]1CCCC[C@@H]1N2. The molecule has 0 bridgehead atoms. The van der Waals surface area contributed by atoms with Crippen molar-refractivity contribution in [2.75, 3.05) is 0 Å². The van der Waals surface area contributed by atoms with E-state index in [4.69, 9.17) is 0 Å². The highest BCUT2D eigenvalue weighted by molar-refractivity contribution is 5.17. The van der Waals surface area contributed by atoms with E-state index in [2.05, 4.69) is 35.1 Å². The van der Waals surface area contributed by atoms with Crippen LogP contribution in [0.4, 0.5) is 0 Å². The molecule has 2 aliphatic carbocycles. The fourth-order valence-corrected chi connectivity index (χ4v) is 5.10. The molecule has 0 radical (unpaired) electrons. The van der Waals surface area contributed by atoms with E-state index >= 15 is 0 Å². The molecule has 2 saturated carbocycles. The van der Waals surface area contributed by atoms with E-state index in [0.717, 1.165) is 0 Å². The van der Waals surface area contributed by atoms with Crippen LogP contribution < -0.4 is 21.3 Å². The maximum Gasteiger partial charge on any atom is 0.0984 e. The van der Waals surface area contributed by atoms with E-state index in [1.54, 1.807) is 0 Å². The van der Waals surface area contributed by atoms with Crippen LogP contribution in [-0.2, 0) is 0 Å². The molecule has 0 spiro atoms. The normalized spacial score (nSPS) is 55.5. The van der Waals surface area contributed by atoms with Crippen LogP contribution in [0, 0.1) is 0 Å². The molecule has 0 aromatic carbocycles. The summed E-state index contributed by atoms with van der Waals surface area (Å²) in [7, 11) is 0. The number of nitrogens with one attached hydrogen (secondary N) is 4. The summed E-state index contributed by atoms with van der Waals surface area (Å²) in [6.07, 6.45) is 10.8. The minimum atomic E-state index is -0.0377. The van der Waals surface area contributed by atoms with Gasteiger partial charge in [0.1, 0.15) is 0 Å². The number of piperazine rings is 2. The molecular formula is C16H30N4. The van der Waals surface area contributed by atoms with Gasteiger partial charge in [0, 0.05) is 24.2 Å². The summed E-state index contributed by atoms with van der Waals surface area (Å²) in [5, 5.41) is 15.9. The van der Waals surface area contributed by atoms with Gasteiger partial charge in [-0.3, -0.25) is 21.3 Å². The van der Waals surface area contributed by atoms with Gasteiger partial charge in [0.15, 0.2) is 0 Å². The van der Waals surface area contributed by atoms with Crippen molar-refractivity contribution in [3.05, 3.63) is 0 Å². The molecule has 20 heavy (non-hydrogen) atoms. The summed E-state index contributed by atoms with van der Waals surface area (Å²) in [4.78, 5) is 0. The third kappa shape index (κ3) is 1.96. The van der Waals surface area contributed by atoms with Gasteiger partial charge in [0.05, 0.1) is 11.3 Å². The lowest BCUT2D eigenvalue weighted by molar-refractivity contribution is -0.0523. The van der Waals surface area contributed by atoms with E-state index in [0.29, 0.717) is 24.2 Å². The molecule has 2 heterocycles. The van der Waals surface area contributed by atoms with Crippen molar-refractivity contribution in [3.63, 3.8) is 0 Å². The van der Waals surface area contributed by atoms with Gasteiger partial charge in [0.2, 0.25) is 0 Å². The van der Waals surface area contributed by atoms with Crippen LogP contribution in [0.25, 0.3) is 0 Å². The fraction of sp³-hybridized carbons (Fsp3) is 1.00. The van der Waals surface area contributed by atoms with Crippen LogP contribution in [-0.4, -0.2) is 35.5 Å². The van der Waals surface area contributed by atoms with Gasteiger partial charge in [0.25, 0.3) is 0 Å². The summed E-state index contributed by atoms with van der Waals surface area (Å²) in [5.74, 6) is 0. The quantitative estimate of drug-likeness (QED) is 0.541. The first kappa shape index (κ1) is 13.5. The number of hydrogen-bond donors (Lipinski definition) is 4. The third-order valence-electron chi connectivity index (χ3n) is 6.43. The van der Waals surface area contributed by atoms with Gasteiger partial charge in [-0.25, -0.2) is 0 Å². The Balaban J connectivity index is 1.60. The Kier molecular flexibility index (Phi) is 3.15. The monoisotopic (exact) mass is 278 g/mol. The average Bonchev–Trinajstić information content (AvgIpc) is 2.42.